The van der Waals surface area contributed by atoms with Gasteiger partial charge in [0.2, 0.25) is 0 Å². The molecule has 1 aliphatic heterocycles. The maximum absolute atomic E-state index is 9.90. The average molecular weight is 237 g/mol. The van der Waals surface area contributed by atoms with Gasteiger partial charge in [0.15, 0.2) is 0 Å². The Kier molecular flexibility index (Phi) is 4.59. The standard InChI is InChI=1S/C13H23N3O/c1-15-6-4-5-12(15)9-14-10-13(17)11-16-7-2-3-8-16/h4-6,13-14,17H,2-3,7-11H2,1H3. The van der Waals surface area contributed by atoms with Crippen molar-refractivity contribution in [3.8, 4) is 0 Å². The molecule has 1 aromatic heterocycles. The van der Waals surface area contributed by atoms with E-state index in [1.165, 1.54) is 18.5 Å². The summed E-state index contributed by atoms with van der Waals surface area (Å²) in [5.74, 6) is 0. The fraction of sp³-hybridized carbons (Fsp3) is 0.692. The summed E-state index contributed by atoms with van der Waals surface area (Å²) < 4.78 is 2.10. The number of nitrogens with zero attached hydrogens (tertiary/aromatic N) is 2. The van der Waals surface area contributed by atoms with Crippen molar-refractivity contribution >= 4 is 0 Å². The summed E-state index contributed by atoms with van der Waals surface area (Å²) in [5, 5.41) is 13.2. The van der Waals surface area contributed by atoms with Crippen LogP contribution in [-0.2, 0) is 13.6 Å². The smallest absolute Gasteiger partial charge is 0.0791 e. The highest BCUT2D eigenvalue weighted by molar-refractivity contribution is 5.05. The molecule has 2 N–H and O–H groups in total. The Balaban J connectivity index is 1.62. The molecule has 0 aromatic carbocycles. The van der Waals surface area contributed by atoms with E-state index in [-0.39, 0.29) is 6.10 Å². The zero-order chi connectivity index (χ0) is 12.1. The molecule has 0 radical (unpaired) electrons. The van der Waals surface area contributed by atoms with Crippen LogP contribution >= 0.6 is 0 Å². The molecule has 1 aliphatic rings. The van der Waals surface area contributed by atoms with Crippen molar-refractivity contribution in [1.82, 2.24) is 14.8 Å². The Morgan fingerprint density at radius 3 is 2.82 bits per heavy atom. The number of aryl methyl sites for hydroxylation is 1. The van der Waals surface area contributed by atoms with E-state index < -0.39 is 0 Å². The first-order valence-electron chi connectivity index (χ1n) is 6.47. The average Bonchev–Trinajstić information content (AvgIpc) is 2.91. The zero-order valence-electron chi connectivity index (χ0n) is 10.6. The van der Waals surface area contributed by atoms with Gasteiger partial charge in [0.25, 0.3) is 0 Å². The van der Waals surface area contributed by atoms with Crippen LogP contribution in [-0.4, -0.2) is 46.9 Å². The van der Waals surface area contributed by atoms with E-state index in [2.05, 4.69) is 20.9 Å². The van der Waals surface area contributed by atoms with Crippen LogP contribution in [0.3, 0.4) is 0 Å². The number of aliphatic hydroxyl groups is 1. The molecule has 96 valence electrons. The Morgan fingerprint density at radius 2 is 2.18 bits per heavy atom. The summed E-state index contributed by atoms with van der Waals surface area (Å²) in [6.07, 6.45) is 4.35. The maximum atomic E-state index is 9.90. The third-order valence-electron chi connectivity index (χ3n) is 3.41. The fourth-order valence-corrected chi connectivity index (χ4v) is 2.37. The van der Waals surface area contributed by atoms with Gasteiger partial charge in [-0.2, -0.15) is 0 Å². The molecule has 2 heterocycles. The van der Waals surface area contributed by atoms with Crippen molar-refractivity contribution in [2.75, 3.05) is 26.2 Å². The van der Waals surface area contributed by atoms with E-state index >= 15 is 0 Å². The lowest BCUT2D eigenvalue weighted by Crippen LogP contribution is -2.37. The first-order valence-corrected chi connectivity index (χ1v) is 6.47. The topological polar surface area (TPSA) is 40.4 Å². The van der Waals surface area contributed by atoms with E-state index in [1.807, 2.05) is 19.3 Å². The molecule has 0 bridgehead atoms. The lowest BCUT2D eigenvalue weighted by Gasteiger charge is -2.19. The maximum Gasteiger partial charge on any atom is 0.0791 e. The minimum absolute atomic E-state index is 0.256. The molecular formula is C13H23N3O. The molecule has 1 unspecified atom stereocenters. The van der Waals surface area contributed by atoms with Gasteiger partial charge in [0.05, 0.1) is 6.10 Å². The number of nitrogens with one attached hydrogen (secondary N) is 1. The number of aliphatic hydroxyl groups excluding tert-OH is 1. The SMILES string of the molecule is Cn1cccc1CNCC(O)CN1CCCC1. The van der Waals surface area contributed by atoms with Crippen molar-refractivity contribution in [2.45, 2.75) is 25.5 Å². The molecule has 4 heteroatoms. The highest BCUT2D eigenvalue weighted by atomic mass is 16.3. The van der Waals surface area contributed by atoms with Gasteiger partial charge in [-0.1, -0.05) is 0 Å². The predicted octanol–water partition coefficient (Wildman–Crippen LogP) is 0.571. The second kappa shape index (κ2) is 6.19. The van der Waals surface area contributed by atoms with Crippen LogP contribution in [0.25, 0.3) is 0 Å². The van der Waals surface area contributed by atoms with Crippen LogP contribution in [0.4, 0.5) is 0 Å². The highest BCUT2D eigenvalue weighted by Crippen LogP contribution is 2.07. The molecule has 0 amide bonds. The summed E-state index contributed by atoms with van der Waals surface area (Å²) >= 11 is 0. The first kappa shape index (κ1) is 12.6. The van der Waals surface area contributed by atoms with Crippen LogP contribution in [0.1, 0.15) is 18.5 Å². The summed E-state index contributed by atoms with van der Waals surface area (Å²) in [6, 6.07) is 4.14. The largest absolute Gasteiger partial charge is 0.390 e. The van der Waals surface area contributed by atoms with Gasteiger partial charge >= 0.3 is 0 Å². The van der Waals surface area contributed by atoms with Crippen molar-refractivity contribution in [1.29, 1.82) is 0 Å². The van der Waals surface area contributed by atoms with Gasteiger partial charge in [-0.25, -0.2) is 0 Å². The second-order valence-electron chi connectivity index (χ2n) is 4.90. The third-order valence-corrected chi connectivity index (χ3v) is 3.41. The number of aromatic nitrogens is 1. The quantitative estimate of drug-likeness (QED) is 0.760. The van der Waals surface area contributed by atoms with Gasteiger partial charge < -0.3 is 19.9 Å². The molecule has 2 rings (SSSR count). The van der Waals surface area contributed by atoms with Crippen molar-refractivity contribution in [2.24, 2.45) is 7.05 Å². The van der Waals surface area contributed by atoms with E-state index in [4.69, 9.17) is 0 Å². The molecule has 17 heavy (non-hydrogen) atoms. The minimum Gasteiger partial charge on any atom is -0.390 e. The summed E-state index contributed by atoms with van der Waals surface area (Å²) in [5.41, 5.74) is 1.25. The summed E-state index contributed by atoms with van der Waals surface area (Å²) in [6.45, 7) is 4.59. The summed E-state index contributed by atoms with van der Waals surface area (Å²) in [7, 11) is 2.04. The molecule has 0 spiro atoms. The van der Waals surface area contributed by atoms with Crippen molar-refractivity contribution < 1.29 is 5.11 Å². The molecule has 1 aromatic rings. The van der Waals surface area contributed by atoms with Crippen LogP contribution in [0.2, 0.25) is 0 Å². The lowest BCUT2D eigenvalue weighted by atomic mass is 10.3. The van der Waals surface area contributed by atoms with Gasteiger partial charge in [-0.05, 0) is 38.1 Å². The van der Waals surface area contributed by atoms with E-state index in [0.29, 0.717) is 6.54 Å². The van der Waals surface area contributed by atoms with Gasteiger partial charge in [-0.15, -0.1) is 0 Å². The molecular weight excluding hydrogens is 214 g/mol. The van der Waals surface area contributed by atoms with E-state index in [9.17, 15) is 5.11 Å². The van der Waals surface area contributed by atoms with Gasteiger partial charge in [0, 0.05) is 38.6 Å². The van der Waals surface area contributed by atoms with Crippen molar-refractivity contribution in [3.05, 3.63) is 24.0 Å². The number of β-amino-alcohol motifs (C(OH)–C–C–N with tert-alkyl or cyclic N) is 1. The lowest BCUT2D eigenvalue weighted by molar-refractivity contribution is 0.123. The Hall–Kier alpha value is -0.840. The number of hydrogen-bond acceptors (Lipinski definition) is 3. The second-order valence-corrected chi connectivity index (χ2v) is 4.90. The molecule has 1 fully saturated rings. The molecule has 4 nitrogen and oxygen atoms in total. The highest BCUT2D eigenvalue weighted by Gasteiger charge is 2.15. The minimum atomic E-state index is -0.256. The Labute approximate surface area is 103 Å². The third kappa shape index (κ3) is 3.84. The van der Waals surface area contributed by atoms with Gasteiger partial charge in [0.1, 0.15) is 0 Å². The molecule has 1 atom stereocenters. The molecule has 1 saturated heterocycles. The normalized spacial score (nSPS) is 18.7. The number of hydrogen-bond donors (Lipinski definition) is 2. The molecule has 0 aliphatic carbocycles. The zero-order valence-corrected chi connectivity index (χ0v) is 10.6. The van der Waals surface area contributed by atoms with E-state index in [1.54, 1.807) is 0 Å². The van der Waals surface area contributed by atoms with Crippen molar-refractivity contribution in [3.63, 3.8) is 0 Å². The van der Waals surface area contributed by atoms with Crippen LogP contribution in [0.5, 0.6) is 0 Å². The number of likely N-dealkylation sites (tertiary alicyclic amines) is 1. The number of rotatable bonds is 6. The summed E-state index contributed by atoms with van der Waals surface area (Å²) in [4.78, 5) is 2.34. The Morgan fingerprint density at radius 1 is 1.41 bits per heavy atom. The Bertz CT molecular complexity index is 331. The monoisotopic (exact) mass is 237 g/mol. The molecule has 0 saturated carbocycles. The fourth-order valence-electron chi connectivity index (χ4n) is 2.37. The first-order chi connectivity index (χ1) is 8.25. The van der Waals surface area contributed by atoms with Crippen LogP contribution < -0.4 is 5.32 Å². The van der Waals surface area contributed by atoms with Crippen LogP contribution in [0.15, 0.2) is 18.3 Å². The van der Waals surface area contributed by atoms with E-state index in [0.717, 1.165) is 26.2 Å². The van der Waals surface area contributed by atoms with Gasteiger partial charge in [-0.3, -0.25) is 0 Å². The van der Waals surface area contributed by atoms with Crippen LogP contribution in [0, 0.1) is 0 Å². The predicted molar refractivity (Wildman–Crippen MR) is 68.8 cm³/mol.